The van der Waals surface area contributed by atoms with Crippen molar-refractivity contribution in [3.63, 3.8) is 0 Å². The van der Waals surface area contributed by atoms with Crippen molar-refractivity contribution in [1.29, 1.82) is 0 Å². The fourth-order valence-electron chi connectivity index (χ4n) is 3.53. The number of imidazole rings is 1. The topological polar surface area (TPSA) is 72.9 Å². The van der Waals surface area contributed by atoms with Crippen LogP contribution in [0, 0.1) is 5.92 Å². The molecule has 2 atom stereocenters. The van der Waals surface area contributed by atoms with Crippen molar-refractivity contribution in [2.75, 3.05) is 0 Å². The van der Waals surface area contributed by atoms with Gasteiger partial charge in [0, 0.05) is 31.0 Å². The van der Waals surface area contributed by atoms with Gasteiger partial charge in [-0.2, -0.15) is 0 Å². The summed E-state index contributed by atoms with van der Waals surface area (Å²) in [5.41, 5.74) is 8.24. The molecule has 128 valence electrons. The van der Waals surface area contributed by atoms with Gasteiger partial charge in [0.05, 0.1) is 12.2 Å². The first kappa shape index (κ1) is 16.7. The second kappa shape index (κ2) is 7.18. The van der Waals surface area contributed by atoms with Crippen LogP contribution < -0.4 is 11.1 Å². The third-order valence-corrected chi connectivity index (χ3v) is 4.95. The Labute approximate surface area is 143 Å². The highest BCUT2D eigenvalue weighted by atomic mass is 16.1. The van der Waals surface area contributed by atoms with E-state index in [-0.39, 0.29) is 17.4 Å². The van der Waals surface area contributed by atoms with Crippen LogP contribution in [-0.2, 0) is 17.9 Å². The molecule has 1 aromatic heterocycles. The maximum atomic E-state index is 12.5. The molecule has 5 nitrogen and oxygen atoms in total. The number of nitrogens with zero attached hydrogens (tertiary/aromatic N) is 2. The number of hydrogen-bond donors (Lipinski definition) is 2. The Morgan fingerprint density at radius 3 is 3.00 bits per heavy atom. The van der Waals surface area contributed by atoms with Gasteiger partial charge in [0.1, 0.15) is 0 Å². The van der Waals surface area contributed by atoms with E-state index in [4.69, 9.17) is 5.73 Å². The number of carbonyl (C=O) groups is 1. The fraction of sp³-hybridized carbons (Fsp3) is 0.474. The van der Waals surface area contributed by atoms with Crippen LogP contribution >= 0.6 is 0 Å². The minimum Gasteiger partial charge on any atom is -0.352 e. The quantitative estimate of drug-likeness (QED) is 0.886. The van der Waals surface area contributed by atoms with Gasteiger partial charge in [-0.15, -0.1) is 0 Å². The lowest BCUT2D eigenvalue weighted by Gasteiger charge is -2.37. The van der Waals surface area contributed by atoms with Crippen molar-refractivity contribution in [2.24, 2.45) is 11.7 Å². The number of amides is 1. The number of nitrogens with one attached hydrogen (secondary N) is 1. The Balaban J connectivity index is 1.59. The fourth-order valence-corrected chi connectivity index (χ4v) is 3.53. The number of benzene rings is 1. The SMILES string of the molecule is CC1(N)CCCCC1C(=O)NCc1cccc(Cn2ccnc2)c1. The van der Waals surface area contributed by atoms with Gasteiger partial charge in [-0.25, -0.2) is 4.98 Å². The summed E-state index contributed by atoms with van der Waals surface area (Å²) in [5, 5.41) is 3.07. The first-order valence-corrected chi connectivity index (χ1v) is 8.65. The highest BCUT2D eigenvalue weighted by Crippen LogP contribution is 2.31. The first-order valence-electron chi connectivity index (χ1n) is 8.65. The third-order valence-electron chi connectivity index (χ3n) is 4.95. The third kappa shape index (κ3) is 4.03. The van der Waals surface area contributed by atoms with E-state index >= 15 is 0 Å². The van der Waals surface area contributed by atoms with E-state index in [9.17, 15) is 4.79 Å². The molecule has 1 heterocycles. The lowest BCUT2D eigenvalue weighted by molar-refractivity contribution is -0.128. The van der Waals surface area contributed by atoms with Gasteiger partial charge >= 0.3 is 0 Å². The van der Waals surface area contributed by atoms with Crippen molar-refractivity contribution in [1.82, 2.24) is 14.9 Å². The Kier molecular flexibility index (Phi) is 5.00. The van der Waals surface area contributed by atoms with Crippen molar-refractivity contribution in [2.45, 2.75) is 51.2 Å². The van der Waals surface area contributed by atoms with Crippen LogP contribution in [0.15, 0.2) is 43.0 Å². The van der Waals surface area contributed by atoms with E-state index < -0.39 is 0 Å². The van der Waals surface area contributed by atoms with Gasteiger partial charge in [0.2, 0.25) is 5.91 Å². The molecular weight excluding hydrogens is 300 g/mol. The second-order valence-electron chi connectivity index (χ2n) is 7.08. The minimum atomic E-state index is -0.383. The smallest absolute Gasteiger partial charge is 0.225 e. The van der Waals surface area contributed by atoms with Crippen molar-refractivity contribution in [3.05, 3.63) is 54.1 Å². The van der Waals surface area contributed by atoms with Gasteiger partial charge in [-0.3, -0.25) is 4.79 Å². The molecule has 0 bridgehead atoms. The van der Waals surface area contributed by atoms with E-state index in [1.54, 1.807) is 12.5 Å². The summed E-state index contributed by atoms with van der Waals surface area (Å²) in [6.45, 7) is 3.33. The van der Waals surface area contributed by atoms with E-state index in [1.807, 2.05) is 29.8 Å². The molecule has 0 radical (unpaired) electrons. The first-order chi connectivity index (χ1) is 11.5. The minimum absolute atomic E-state index is 0.0830. The van der Waals surface area contributed by atoms with Gasteiger partial charge in [-0.1, -0.05) is 37.1 Å². The predicted molar refractivity (Wildman–Crippen MR) is 94.2 cm³/mol. The summed E-state index contributed by atoms with van der Waals surface area (Å²) < 4.78 is 2.03. The molecule has 3 rings (SSSR count). The van der Waals surface area contributed by atoms with E-state index in [0.29, 0.717) is 6.54 Å². The molecule has 5 heteroatoms. The lowest BCUT2D eigenvalue weighted by atomic mass is 9.74. The number of rotatable bonds is 5. The molecule has 0 saturated heterocycles. The zero-order valence-corrected chi connectivity index (χ0v) is 14.2. The molecule has 1 fully saturated rings. The van der Waals surface area contributed by atoms with Crippen molar-refractivity contribution >= 4 is 5.91 Å². The standard InChI is InChI=1S/C19H26N4O/c1-19(20)8-3-2-7-17(19)18(24)22-12-15-5-4-6-16(11-15)13-23-10-9-21-14-23/h4-6,9-11,14,17H,2-3,7-8,12-13,20H2,1H3,(H,22,24). The lowest BCUT2D eigenvalue weighted by Crippen LogP contribution is -2.52. The largest absolute Gasteiger partial charge is 0.352 e. The van der Waals surface area contributed by atoms with Crippen LogP contribution in [0.3, 0.4) is 0 Å². The second-order valence-corrected chi connectivity index (χ2v) is 7.08. The number of nitrogens with two attached hydrogens (primary N) is 1. The molecule has 2 aromatic rings. The number of hydrogen-bond acceptors (Lipinski definition) is 3. The molecule has 1 aromatic carbocycles. The summed E-state index contributed by atoms with van der Waals surface area (Å²) in [4.78, 5) is 16.6. The van der Waals surface area contributed by atoms with Crippen molar-refractivity contribution < 1.29 is 4.79 Å². The van der Waals surface area contributed by atoms with Crippen LogP contribution in [-0.4, -0.2) is 21.0 Å². The molecule has 2 unspecified atom stereocenters. The summed E-state index contributed by atoms with van der Waals surface area (Å²) in [7, 11) is 0. The summed E-state index contributed by atoms with van der Waals surface area (Å²) in [6, 6.07) is 8.29. The van der Waals surface area contributed by atoms with Crippen LogP contribution in [0.4, 0.5) is 0 Å². The summed E-state index contributed by atoms with van der Waals surface area (Å²) >= 11 is 0. The summed E-state index contributed by atoms with van der Waals surface area (Å²) in [5.74, 6) is 0.0000870. The maximum absolute atomic E-state index is 12.5. The zero-order valence-electron chi connectivity index (χ0n) is 14.2. The molecule has 0 aliphatic heterocycles. The van der Waals surface area contributed by atoms with Gasteiger partial charge in [-0.05, 0) is 30.9 Å². The van der Waals surface area contributed by atoms with Crippen LogP contribution in [0.25, 0.3) is 0 Å². The highest BCUT2D eigenvalue weighted by Gasteiger charge is 2.37. The highest BCUT2D eigenvalue weighted by molar-refractivity contribution is 5.80. The Morgan fingerprint density at radius 1 is 1.42 bits per heavy atom. The van der Waals surface area contributed by atoms with Gasteiger partial charge in [0.25, 0.3) is 0 Å². The van der Waals surface area contributed by atoms with Gasteiger partial charge < -0.3 is 15.6 Å². The Bertz CT molecular complexity index is 678. The predicted octanol–water partition coefficient (Wildman–Crippen LogP) is 2.46. The Morgan fingerprint density at radius 2 is 2.25 bits per heavy atom. The van der Waals surface area contributed by atoms with Crippen LogP contribution in [0.1, 0.15) is 43.7 Å². The number of carbonyl (C=O) groups excluding carboxylic acids is 1. The monoisotopic (exact) mass is 326 g/mol. The molecule has 1 amide bonds. The number of aromatic nitrogens is 2. The summed E-state index contributed by atoms with van der Waals surface area (Å²) in [6.07, 6.45) is 9.54. The van der Waals surface area contributed by atoms with Crippen LogP contribution in [0.2, 0.25) is 0 Å². The van der Waals surface area contributed by atoms with E-state index in [1.165, 1.54) is 5.56 Å². The molecular formula is C19H26N4O. The van der Waals surface area contributed by atoms with Crippen molar-refractivity contribution in [3.8, 4) is 0 Å². The van der Waals surface area contributed by atoms with E-state index in [0.717, 1.165) is 37.8 Å². The molecule has 1 saturated carbocycles. The maximum Gasteiger partial charge on any atom is 0.225 e. The normalized spacial score (nSPS) is 23.8. The zero-order chi connectivity index (χ0) is 17.0. The molecule has 1 aliphatic rings. The molecule has 24 heavy (non-hydrogen) atoms. The average molecular weight is 326 g/mol. The molecule has 1 aliphatic carbocycles. The molecule has 0 spiro atoms. The van der Waals surface area contributed by atoms with E-state index in [2.05, 4.69) is 22.4 Å². The molecule has 3 N–H and O–H groups in total. The van der Waals surface area contributed by atoms with Gasteiger partial charge in [0.15, 0.2) is 0 Å². The van der Waals surface area contributed by atoms with Crippen LogP contribution in [0.5, 0.6) is 0 Å². The average Bonchev–Trinajstić information content (AvgIpc) is 3.05. The Hall–Kier alpha value is -2.14.